The van der Waals surface area contributed by atoms with Crippen LogP contribution in [0.5, 0.6) is 0 Å². The molecular formula is C32H39Cl2N3O4S. The number of nitrogen functional groups attached to an aromatic ring is 1. The predicted molar refractivity (Wildman–Crippen MR) is 173 cm³/mol. The molecule has 0 fully saturated rings. The third-order valence-corrected chi connectivity index (χ3v) is 8.56. The molecule has 0 amide bonds. The molecule has 42 heavy (non-hydrogen) atoms. The van der Waals surface area contributed by atoms with Gasteiger partial charge in [-0.05, 0) is 73.8 Å². The van der Waals surface area contributed by atoms with Crippen LogP contribution in [-0.2, 0) is 21.3 Å². The Morgan fingerprint density at radius 3 is 2.33 bits per heavy atom. The average Bonchev–Trinajstić information content (AvgIpc) is 2.97. The van der Waals surface area contributed by atoms with E-state index in [9.17, 15) is 13.5 Å². The van der Waals surface area contributed by atoms with E-state index < -0.39 is 16.1 Å². The zero-order chi connectivity index (χ0) is 30.4. The number of halogens is 2. The number of ether oxygens (including phenoxy) is 1. The highest BCUT2D eigenvalue weighted by Gasteiger charge is 2.17. The van der Waals surface area contributed by atoms with Crippen molar-refractivity contribution >= 4 is 44.6 Å². The van der Waals surface area contributed by atoms with Crippen molar-refractivity contribution in [2.75, 3.05) is 42.5 Å². The molecule has 3 aromatic carbocycles. The molecule has 4 N–H and O–H groups in total. The third kappa shape index (κ3) is 11.8. The van der Waals surface area contributed by atoms with E-state index in [1.807, 2.05) is 18.2 Å². The first-order valence-corrected chi connectivity index (χ1v) is 16.4. The number of benzene rings is 3. The Labute approximate surface area is 260 Å². The largest absolute Gasteiger partial charge is 0.396 e. The first-order chi connectivity index (χ1) is 20.2. The second-order valence-electron chi connectivity index (χ2n) is 9.99. The Kier molecular flexibility index (Phi) is 14.0. The molecule has 3 rings (SSSR count). The Balaban J connectivity index is 1.37. The lowest BCUT2D eigenvalue weighted by Gasteiger charge is -2.26. The van der Waals surface area contributed by atoms with Crippen molar-refractivity contribution in [3.05, 3.63) is 93.5 Å². The lowest BCUT2D eigenvalue weighted by Crippen LogP contribution is -2.29. The van der Waals surface area contributed by atoms with Gasteiger partial charge in [0.2, 0.25) is 10.0 Å². The Bertz CT molecular complexity index is 1400. The van der Waals surface area contributed by atoms with Gasteiger partial charge in [-0.1, -0.05) is 78.2 Å². The molecule has 226 valence electrons. The van der Waals surface area contributed by atoms with Crippen LogP contribution in [0.1, 0.15) is 55.4 Å². The van der Waals surface area contributed by atoms with Crippen molar-refractivity contribution in [1.82, 2.24) is 4.90 Å². The maximum absolute atomic E-state index is 11.6. The molecule has 1 atom stereocenters. The Hall–Kier alpha value is -2.77. The van der Waals surface area contributed by atoms with Crippen LogP contribution in [0.15, 0.2) is 66.7 Å². The second-order valence-corrected chi connectivity index (χ2v) is 12.8. The molecule has 10 heteroatoms. The van der Waals surface area contributed by atoms with Crippen LogP contribution < -0.4 is 10.5 Å². The lowest BCUT2D eigenvalue weighted by atomic mass is 10.1. The van der Waals surface area contributed by atoms with Gasteiger partial charge in [-0.2, -0.15) is 0 Å². The fourth-order valence-corrected chi connectivity index (χ4v) is 5.39. The SMILES string of the molecule is CCS(=O)(=O)Nc1ccc(C#CCOCCCCCCN(Cc2ccccc2)CC(O)c2cc(Cl)c(N)c(Cl)c2)cc1. The number of rotatable bonds is 16. The molecule has 0 spiro atoms. The van der Waals surface area contributed by atoms with Gasteiger partial charge in [0.1, 0.15) is 6.61 Å². The van der Waals surface area contributed by atoms with Crippen LogP contribution >= 0.6 is 23.2 Å². The third-order valence-electron chi connectivity index (χ3n) is 6.62. The molecule has 1 unspecified atom stereocenters. The molecular weight excluding hydrogens is 593 g/mol. The van der Waals surface area contributed by atoms with Crippen LogP contribution in [0.4, 0.5) is 11.4 Å². The van der Waals surface area contributed by atoms with E-state index in [1.54, 1.807) is 43.3 Å². The van der Waals surface area contributed by atoms with Crippen molar-refractivity contribution < 1.29 is 18.3 Å². The van der Waals surface area contributed by atoms with E-state index in [4.69, 9.17) is 33.7 Å². The monoisotopic (exact) mass is 631 g/mol. The molecule has 0 heterocycles. The number of nitrogens with two attached hydrogens (primary N) is 1. The summed E-state index contributed by atoms with van der Waals surface area (Å²) in [5.74, 6) is 6.05. The van der Waals surface area contributed by atoms with E-state index in [0.29, 0.717) is 46.7 Å². The fraction of sp³-hybridized carbons (Fsp3) is 0.375. The van der Waals surface area contributed by atoms with Crippen molar-refractivity contribution in [3.63, 3.8) is 0 Å². The number of unbranched alkanes of at least 4 members (excludes halogenated alkanes) is 3. The summed E-state index contributed by atoms with van der Waals surface area (Å²) in [4.78, 5) is 2.25. The first kappa shape index (κ1) is 33.7. The smallest absolute Gasteiger partial charge is 0.232 e. The number of hydrogen-bond donors (Lipinski definition) is 3. The summed E-state index contributed by atoms with van der Waals surface area (Å²) in [6.45, 7) is 4.59. The van der Waals surface area contributed by atoms with Gasteiger partial charge in [-0.25, -0.2) is 8.42 Å². The van der Waals surface area contributed by atoms with Crippen LogP contribution in [0.25, 0.3) is 0 Å². The molecule has 0 aliphatic heterocycles. The van der Waals surface area contributed by atoms with Crippen LogP contribution in [-0.4, -0.2) is 50.5 Å². The topological polar surface area (TPSA) is 105 Å². The minimum absolute atomic E-state index is 0.0279. The fourth-order valence-electron chi connectivity index (χ4n) is 4.25. The van der Waals surface area contributed by atoms with E-state index in [-0.39, 0.29) is 5.75 Å². The standard InChI is InChI=1S/C32H39Cl2N3O4S/c1-2-42(39,40)36-28-16-14-25(15-17-28)13-10-20-41-19-9-4-3-8-18-37(23-26-11-6-5-7-12-26)24-31(38)27-21-29(33)32(35)30(34)22-27/h5-7,11-12,14-17,21-22,31,36,38H,2-4,8-9,18-20,23-24,35H2,1H3. The van der Waals surface area contributed by atoms with E-state index in [1.165, 1.54) is 5.56 Å². The Morgan fingerprint density at radius 2 is 1.67 bits per heavy atom. The van der Waals surface area contributed by atoms with E-state index >= 15 is 0 Å². The highest BCUT2D eigenvalue weighted by Crippen LogP contribution is 2.31. The predicted octanol–water partition coefficient (Wildman–Crippen LogP) is 6.50. The molecule has 0 saturated heterocycles. The van der Waals surface area contributed by atoms with Gasteiger partial charge >= 0.3 is 0 Å². The molecule has 0 aliphatic carbocycles. The molecule has 7 nitrogen and oxygen atoms in total. The zero-order valence-corrected chi connectivity index (χ0v) is 26.2. The lowest BCUT2D eigenvalue weighted by molar-refractivity contribution is 0.107. The summed E-state index contributed by atoms with van der Waals surface area (Å²) in [7, 11) is -3.29. The summed E-state index contributed by atoms with van der Waals surface area (Å²) in [6.07, 6.45) is 3.27. The maximum atomic E-state index is 11.6. The van der Waals surface area contributed by atoms with Gasteiger partial charge in [0.25, 0.3) is 0 Å². The minimum Gasteiger partial charge on any atom is -0.396 e. The number of aliphatic hydroxyl groups excluding tert-OH is 1. The Morgan fingerprint density at radius 1 is 1.00 bits per heavy atom. The van der Waals surface area contributed by atoms with Crippen molar-refractivity contribution in [1.29, 1.82) is 0 Å². The van der Waals surface area contributed by atoms with Gasteiger partial charge in [0.05, 0.1) is 27.6 Å². The van der Waals surface area contributed by atoms with E-state index in [2.05, 4.69) is 33.6 Å². The van der Waals surface area contributed by atoms with Gasteiger partial charge in [-0.3, -0.25) is 9.62 Å². The summed E-state index contributed by atoms with van der Waals surface area (Å²) >= 11 is 12.4. The van der Waals surface area contributed by atoms with Gasteiger partial charge in [0, 0.05) is 30.9 Å². The summed E-state index contributed by atoms with van der Waals surface area (Å²) in [5.41, 5.74) is 9.32. The van der Waals surface area contributed by atoms with Crippen molar-refractivity contribution in [3.8, 4) is 11.8 Å². The number of anilines is 2. The number of sulfonamides is 1. The molecule has 0 aliphatic rings. The molecule has 0 saturated carbocycles. The zero-order valence-electron chi connectivity index (χ0n) is 23.9. The number of nitrogens with one attached hydrogen (secondary N) is 1. The highest BCUT2D eigenvalue weighted by atomic mass is 35.5. The highest BCUT2D eigenvalue weighted by molar-refractivity contribution is 7.92. The number of hydrogen-bond acceptors (Lipinski definition) is 6. The molecule has 0 radical (unpaired) electrons. The van der Waals surface area contributed by atoms with Gasteiger partial charge in [-0.15, -0.1) is 0 Å². The molecule has 0 aromatic heterocycles. The van der Waals surface area contributed by atoms with Gasteiger partial charge < -0.3 is 15.6 Å². The minimum atomic E-state index is -3.29. The number of aliphatic hydroxyl groups is 1. The summed E-state index contributed by atoms with van der Waals surface area (Å²) < 4.78 is 31.5. The molecule has 0 bridgehead atoms. The summed E-state index contributed by atoms with van der Waals surface area (Å²) in [5, 5.41) is 11.6. The van der Waals surface area contributed by atoms with Crippen molar-refractivity contribution in [2.45, 2.75) is 45.3 Å². The quantitative estimate of drug-likeness (QED) is 0.0946. The second kappa shape index (κ2) is 17.4. The first-order valence-electron chi connectivity index (χ1n) is 14.0. The van der Waals surface area contributed by atoms with Crippen LogP contribution in [0, 0.1) is 11.8 Å². The van der Waals surface area contributed by atoms with E-state index in [0.717, 1.165) is 44.3 Å². The van der Waals surface area contributed by atoms with Crippen molar-refractivity contribution in [2.24, 2.45) is 0 Å². The maximum Gasteiger partial charge on any atom is 0.232 e. The average molecular weight is 633 g/mol. The van der Waals surface area contributed by atoms with Crippen LogP contribution in [0.3, 0.4) is 0 Å². The number of nitrogens with zero attached hydrogens (tertiary/aromatic N) is 1. The molecule has 3 aromatic rings. The summed E-state index contributed by atoms with van der Waals surface area (Å²) in [6, 6.07) is 20.5. The normalized spacial score (nSPS) is 12.1. The van der Waals surface area contributed by atoms with Crippen LogP contribution in [0.2, 0.25) is 10.0 Å². The van der Waals surface area contributed by atoms with Gasteiger partial charge in [0.15, 0.2) is 0 Å².